The number of hydrogen-bond donors (Lipinski definition) is 2. The highest BCUT2D eigenvalue weighted by Gasteiger charge is 2.36. The Morgan fingerprint density at radius 2 is 2.12 bits per heavy atom. The second kappa shape index (κ2) is 7.60. The van der Waals surface area contributed by atoms with E-state index in [1.54, 1.807) is 0 Å². The fourth-order valence-corrected chi connectivity index (χ4v) is 3.32. The van der Waals surface area contributed by atoms with E-state index in [1.807, 2.05) is 26.0 Å². The molecule has 2 fully saturated rings. The number of carboxylic acids is 1. The van der Waals surface area contributed by atoms with E-state index < -0.39 is 11.5 Å². The number of carboxylic acid groups (broad SMARTS) is 1. The van der Waals surface area contributed by atoms with Gasteiger partial charge >= 0.3 is 5.97 Å². The summed E-state index contributed by atoms with van der Waals surface area (Å²) in [5.74, 6) is 0.836. The molecule has 1 unspecified atom stereocenters. The van der Waals surface area contributed by atoms with Gasteiger partial charge in [0.25, 0.3) is 0 Å². The molecule has 138 valence electrons. The first-order valence-electron chi connectivity index (χ1n) is 9.35. The molecule has 6 nitrogen and oxygen atoms in total. The van der Waals surface area contributed by atoms with Crippen LogP contribution in [0.3, 0.4) is 0 Å². The zero-order chi connectivity index (χ0) is 17.9. The number of rotatable bonds is 9. The van der Waals surface area contributed by atoms with E-state index in [0.29, 0.717) is 37.1 Å². The molecule has 2 aliphatic rings. The number of carbonyl (C=O) groups is 1. The van der Waals surface area contributed by atoms with E-state index in [9.17, 15) is 9.90 Å². The van der Waals surface area contributed by atoms with Crippen LogP contribution in [0.15, 0.2) is 12.1 Å². The summed E-state index contributed by atoms with van der Waals surface area (Å²) in [5.41, 5.74) is 0.123. The van der Waals surface area contributed by atoms with Crippen molar-refractivity contribution in [3.8, 4) is 5.88 Å². The molecule has 2 N–H and O–H groups in total. The molecule has 1 aliphatic heterocycles. The maximum Gasteiger partial charge on any atom is 0.329 e. The van der Waals surface area contributed by atoms with Crippen molar-refractivity contribution in [1.29, 1.82) is 0 Å². The Balaban J connectivity index is 1.78. The lowest BCUT2D eigenvalue weighted by atomic mass is 9.93. The first-order chi connectivity index (χ1) is 12.1. The molecule has 1 aliphatic carbocycles. The van der Waals surface area contributed by atoms with Crippen molar-refractivity contribution < 1.29 is 19.4 Å². The fraction of sp³-hybridized carbons (Fsp3) is 0.684. The lowest BCUT2D eigenvalue weighted by molar-refractivity contribution is -0.142. The molecule has 0 aromatic carbocycles. The number of aliphatic carboxylic acids is 1. The molecule has 0 radical (unpaired) electrons. The quantitative estimate of drug-likeness (QED) is 0.710. The average Bonchev–Trinajstić information content (AvgIpc) is 3.33. The minimum Gasteiger partial charge on any atom is -0.480 e. The third-order valence-electron chi connectivity index (χ3n) is 5.32. The lowest BCUT2D eigenvalue weighted by Gasteiger charge is -2.29. The van der Waals surface area contributed by atoms with Crippen LogP contribution in [-0.4, -0.2) is 40.9 Å². The molecule has 1 saturated heterocycles. The third kappa shape index (κ3) is 4.06. The van der Waals surface area contributed by atoms with E-state index in [-0.39, 0.29) is 6.10 Å². The Morgan fingerprint density at radius 1 is 1.36 bits per heavy atom. The van der Waals surface area contributed by atoms with Gasteiger partial charge in [-0.05, 0) is 56.6 Å². The van der Waals surface area contributed by atoms with Crippen LogP contribution in [0, 0.1) is 0 Å². The van der Waals surface area contributed by atoms with Crippen molar-refractivity contribution in [3.63, 3.8) is 0 Å². The van der Waals surface area contributed by atoms with Gasteiger partial charge in [-0.15, -0.1) is 0 Å². The summed E-state index contributed by atoms with van der Waals surface area (Å²) in [7, 11) is 0. The van der Waals surface area contributed by atoms with Gasteiger partial charge in [0.2, 0.25) is 5.88 Å². The molecule has 0 amide bonds. The maximum atomic E-state index is 11.7. The smallest absolute Gasteiger partial charge is 0.329 e. The summed E-state index contributed by atoms with van der Waals surface area (Å²) in [6.45, 7) is 5.05. The van der Waals surface area contributed by atoms with Crippen LogP contribution in [0.1, 0.15) is 63.9 Å². The molecule has 1 saturated carbocycles. The highest BCUT2D eigenvalue weighted by molar-refractivity contribution is 5.82. The molecular weight excluding hydrogens is 320 g/mol. The molecule has 1 aromatic heterocycles. The molecule has 0 spiro atoms. The Morgan fingerprint density at radius 3 is 2.68 bits per heavy atom. The van der Waals surface area contributed by atoms with Crippen molar-refractivity contribution in [2.75, 3.05) is 18.5 Å². The Bertz CT molecular complexity index is 605. The van der Waals surface area contributed by atoms with Crippen molar-refractivity contribution in [1.82, 2.24) is 4.98 Å². The minimum atomic E-state index is -1.00. The molecule has 1 aromatic rings. The fourth-order valence-electron chi connectivity index (χ4n) is 3.32. The van der Waals surface area contributed by atoms with Crippen LogP contribution in [0.4, 0.5) is 5.82 Å². The van der Waals surface area contributed by atoms with Gasteiger partial charge in [-0.1, -0.05) is 13.8 Å². The zero-order valence-electron chi connectivity index (χ0n) is 15.1. The number of anilines is 1. The summed E-state index contributed by atoms with van der Waals surface area (Å²) >= 11 is 0. The average molecular weight is 348 g/mol. The number of ether oxygens (including phenoxy) is 2. The molecule has 25 heavy (non-hydrogen) atoms. The number of nitrogens with zero attached hydrogens (tertiary/aromatic N) is 1. The summed E-state index contributed by atoms with van der Waals surface area (Å²) in [4.78, 5) is 16.3. The lowest BCUT2D eigenvalue weighted by Crippen LogP contribution is -2.45. The van der Waals surface area contributed by atoms with E-state index in [4.69, 9.17) is 9.47 Å². The monoisotopic (exact) mass is 348 g/mol. The Kier molecular flexibility index (Phi) is 5.47. The second-order valence-corrected chi connectivity index (χ2v) is 7.03. The Hall–Kier alpha value is -1.82. The van der Waals surface area contributed by atoms with E-state index >= 15 is 0 Å². The van der Waals surface area contributed by atoms with Gasteiger partial charge in [-0.2, -0.15) is 4.98 Å². The van der Waals surface area contributed by atoms with Gasteiger partial charge in [0, 0.05) is 12.2 Å². The summed E-state index contributed by atoms with van der Waals surface area (Å²) < 4.78 is 11.6. The first kappa shape index (κ1) is 18.0. The van der Waals surface area contributed by atoms with Crippen LogP contribution in [0.5, 0.6) is 5.88 Å². The predicted molar refractivity (Wildman–Crippen MR) is 95.3 cm³/mol. The SMILES string of the molecule is CCC(CC)(Nc1ccc(C2CC2)c(OCC2CCCO2)n1)C(=O)O. The van der Waals surface area contributed by atoms with Crippen LogP contribution in [-0.2, 0) is 9.53 Å². The summed E-state index contributed by atoms with van der Waals surface area (Å²) in [5, 5.41) is 12.7. The highest BCUT2D eigenvalue weighted by atomic mass is 16.5. The largest absolute Gasteiger partial charge is 0.480 e. The highest BCUT2D eigenvalue weighted by Crippen LogP contribution is 2.44. The van der Waals surface area contributed by atoms with Gasteiger partial charge in [-0.25, -0.2) is 4.79 Å². The van der Waals surface area contributed by atoms with Gasteiger partial charge < -0.3 is 19.9 Å². The zero-order valence-corrected chi connectivity index (χ0v) is 15.1. The van der Waals surface area contributed by atoms with Gasteiger partial charge in [0.15, 0.2) is 0 Å². The van der Waals surface area contributed by atoms with Crippen molar-refractivity contribution in [2.24, 2.45) is 0 Å². The van der Waals surface area contributed by atoms with E-state index in [0.717, 1.165) is 37.9 Å². The Labute approximate surface area is 148 Å². The maximum absolute atomic E-state index is 11.7. The third-order valence-corrected chi connectivity index (χ3v) is 5.32. The normalized spacial score (nSPS) is 20.5. The minimum absolute atomic E-state index is 0.134. The molecular formula is C19H28N2O4. The molecule has 1 atom stereocenters. The molecule has 6 heteroatoms. The van der Waals surface area contributed by atoms with Gasteiger partial charge in [0.05, 0.1) is 6.10 Å². The number of hydrogen-bond acceptors (Lipinski definition) is 5. The van der Waals surface area contributed by atoms with Gasteiger partial charge in [0.1, 0.15) is 18.0 Å². The van der Waals surface area contributed by atoms with Crippen LogP contribution >= 0.6 is 0 Å². The van der Waals surface area contributed by atoms with Crippen LogP contribution < -0.4 is 10.1 Å². The van der Waals surface area contributed by atoms with Crippen molar-refractivity contribution in [3.05, 3.63) is 17.7 Å². The first-order valence-corrected chi connectivity index (χ1v) is 9.35. The summed E-state index contributed by atoms with van der Waals surface area (Å²) in [6, 6.07) is 3.89. The number of aromatic nitrogens is 1. The standard InChI is InChI=1S/C19H28N2O4/c1-3-19(4-2,18(22)23)21-16-10-9-15(13-7-8-13)17(20-16)25-12-14-6-5-11-24-14/h9-10,13-14H,3-8,11-12H2,1-2H3,(H,20,21)(H,22,23). The van der Waals surface area contributed by atoms with Crippen molar-refractivity contribution in [2.45, 2.75) is 69.9 Å². The topological polar surface area (TPSA) is 80.7 Å². The number of nitrogens with one attached hydrogen (secondary N) is 1. The van der Waals surface area contributed by atoms with Crippen LogP contribution in [0.25, 0.3) is 0 Å². The second-order valence-electron chi connectivity index (χ2n) is 7.03. The van der Waals surface area contributed by atoms with E-state index in [1.165, 1.54) is 0 Å². The summed E-state index contributed by atoms with van der Waals surface area (Å²) in [6.07, 6.45) is 5.52. The molecule has 3 rings (SSSR count). The number of pyridine rings is 1. The predicted octanol–water partition coefficient (Wildman–Crippen LogP) is 3.57. The molecule has 2 heterocycles. The van der Waals surface area contributed by atoms with E-state index in [2.05, 4.69) is 10.3 Å². The van der Waals surface area contributed by atoms with Crippen LogP contribution in [0.2, 0.25) is 0 Å². The molecule has 0 bridgehead atoms. The van der Waals surface area contributed by atoms with Gasteiger partial charge in [-0.3, -0.25) is 0 Å². The van der Waals surface area contributed by atoms with Crippen molar-refractivity contribution >= 4 is 11.8 Å².